The maximum atomic E-state index is 13.7. The van der Waals surface area contributed by atoms with Crippen molar-refractivity contribution in [2.45, 2.75) is 77.5 Å². The molecule has 9 N–H and O–H groups in total. The number of nitrogens with two attached hydrogens (primary N) is 1. The number of hydrogen-bond donors (Lipinski definition) is 8. The van der Waals surface area contributed by atoms with Crippen LogP contribution in [0.25, 0.3) is 0 Å². The number of hydrazone groups is 1. The third kappa shape index (κ3) is 15.1. The van der Waals surface area contributed by atoms with Crippen LogP contribution in [0.2, 0.25) is 0 Å². The molecule has 0 aliphatic rings. The molecule has 1 aromatic carbocycles. The average molecular weight is 680 g/mol. The first-order valence-corrected chi connectivity index (χ1v) is 15.5. The number of aromatic hydroxyl groups is 1. The molecular weight excluding hydrogens is 630 g/mol. The Bertz CT molecular complexity index is 1290. The lowest BCUT2D eigenvalue weighted by Gasteiger charge is -2.28. The molecule has 0 aliphatic heterocycles. The largest absolute Gasteiger partial charge is 0.508 e. The lowest BCUT2D eigenvalue weighted by Crippen LogP contribution is -2.60. The summed E-state index contributed by atoms with van der Waals surface area (Å²) < 4.78 is 0. The molecule has 268 valence electrons. The topological polar surface area (TPSA) is 271 Å². The number of carboxylic acid groups (broad SMARTS) is 1. The summed E-state index contributed by atoms with van der Waals surface area (Å²) >= 11 is 0. The van der Waals surface area contributed by atoms with Crippen molar-refractivity contribution in [1.82, 2.24) is 31.5 Å². The van der Waals surface area contributed by atoms with Crippen molar-refractivity contribution < 1.29 is 39.2 Å². The van der Waals surface area contributed by atoms with E-state index >= 15 is 0 Å². The van der Waals surface area contributed by atoms with Gasteiger partial charge in [0.15, 0.2) is 5.03 Å². The Balaban J connectivity index is 3.22. The summed E-state index contributed by atoms with van der Waals surface area (Å²) in [6, 6.07) is 1.18. The van der Waals surface area contributed by atoms with Crippen LogP contribution in [0.4, 0.5) is 0 Å². The Kier molecular flexibility index (Phi) is 17.3. The molecule has 4 amide bonds. The van der Waals surface area contributed by atoms with Crippen molar-refractivity contribution in [3.05, 3.63) is 39.9 Å². The highest BCUT2D eigenvalue weighted by molar-refractivity contribution is 5.95. The number of amides is 4. The smallest absolute Gasteiger partial charge is 0.326 e. The number of phenolic OH excluding ortho intramolecular Hbond substituents is 1. The van der Waals surface area contributed by atoms with E-state index in [1.807, 2.05) is 0 Å². The number of rotatable bonds is 20. The Morgan fingerprint density at radius 3 is 2.04 bits per heavy atom. The predicted molar refractivity (Wildman–Crippen MR) is 176 cm³/mol. The van der Waals surface area contributed by atoms with Crippen LogP contribution in [0.15, 0.2) is 29.4 Å². The standard InChI is InChI=1S/C30H49N9O9/c1-7-18(4)25(29(45)46)36-27(43)22(15-19-10-12-20(40)13-11-19)34-28(44)24(17(2)3)35-26(42)21(33-23(41)16-38(5)6)9-8-14-32-30(31)37-39(47)48/h10-13,17-18,21-22,24-25,40H,7-9,14-16H2,1-6H3,(H,33,41)(H,34,44)(H,35,42)(H,36,43)(H,45,46)(H3,31,32,37)/t18?,21-,22-,24-,25-/m0/s1. The van der Waals surface area contributed by atoms with E-state index in [0.717, 1.165) is 0 Å². The molecule has 48 heavy (non-hydrogen) atoms. The number of carbonyl (C=O) groups excluding carboxylic acids is 4. The van der Waals surface area contributed by atoms with Crippen LogP contribution in [0.1, 0.15) is 52.5 Å². The summed E-state index contributed by atoms with van der Waals surface area (Å²) in [5, 5.41) is 44.8. The highest BCUT2D eigenvalue weighted by Gasteiger charge is 2.33. The zero-order chi connectivity index (χ0) is 36.6. The monoisotopic (exact) mass is 679 g/mol. The number of likely N-dealkylation sites (N-methyl/N-ethyl adjacent to an activating group) is 1. The molecule has 1 aromatic rings. The fourth-order valence-corrected chi connectivity index (χ4v) is 4.51. The van der Waals surface area contributed by atoms with Crippen LogP contribution in [0.5, 0.6) is 5.75 Å². The summed E-state index contributed by atoms with van der Waals surface area (Å²) in [5.74, 6) is -5.20. The number of phenols is 1. The van der Waals surface area contributed by atoms with Crippen molar-refractivity contribution in [3.8, 4) is 5.75 Å². The van der Waals surface area contributed by atoms with Crippen molar-refractivity contribution in [2.75, 3.05) is 27.2 Å². The first-order valence-electron chi connectivity index (χ1n) is 15.5. The molecule has 0 radical (unpaired) electrons. The van der Waals surface area contributed by atoms with E-state index < -0.39 is 76.6 Å². The number of guanidine groups is 1. The number of benzene rings is 1. The maximum absolute atomic E-state index is 13.7. The second-order valence-corrected chi connectivity index (χ2v) is 12.0. The molecule has 0 aromatic heterocycles. The molecule has 1 unspecified atom stereocenters. The first kappa shape index (κ1) is 41.0. The van der Waals surface area contributed by atoms with E-state index in [9.17, 15) is 44.3 Å². The Labute approximate surface area is 279 Å². The molecule has 0 heterocycles. The highest BCUT2D eigenvalue weighted by Crippen LogP contribution is 2.14. The summed E-state index contributed by atoms with van der Waals surface area (Å²) in [5.41, 5.74) is 5.99. The van der Waals surface area contributed by atoms with Gasteiger partial charge in [-0.15, -0.1) is 0 Å². The van der Waals surface area contributed by atoms with Crippen molar-refractivity contribution in [3.63, 3.8) is 0 Å². The molecule has 1 rings (SSSR count). The minimum atomic E-state index is -1.25. The summed E-state index contributed by atoms with van der Waals surface area (Å²) in [4.78, 5) is 77.1. The molecule has 0 bridgehead atoms. The van der Waals surface area contributed by atoms with E-state index in [0.29, 0.717) is 12.0 Å². The van der Waals surface area contributed by atoms with E-state index in [2.05, 4.69) is 31.7 Å². The summed E-state index contributed by atoms with van der Waals surface area (Å²) in [7, 11) is 3.34. The lowest BCUT2D eigenvalue weighted by atomic mass is 9.97. The minimum absolute atomic E-state index is 0.00902. The van der Waals surface area contributed by atoms with Gasteiger partial charge in [0.25, 0.3) is 5.96 Å². The second kappa shape index (κ2) is 20.3. The van der Waals surface area contributed by atoms with Crippen LogP contribution < -0.4 is 32.3 Å². The van der Waals surface area contributed by atoms with Gasteiger partial charge in [-0.25, -0.2) is 14.9 Å². The van der Waals surface area contributed by atoms with Gasteiger partial charge >= 0.3 is 5.97 Å². The van der Waals surface area contributed by atoms with E-state index in [1.165, 1.54) is 12.1 Å². The molecular formula is C30H49N9O9. The van der Waals surface area contributed by atoms with E-state index in [1.54, 1.807) is 58.8 Å². The number of carbonyl (C=O) groups is 5. The van der Waals surface area contributed by atoms with Gasteiger partial charge in [-0.3, -0.25) is 19.2 Å². The molecule has 0 spiro atoms. The van der Waals surface area contributed by atoms with Crippen LogP contribution in [-0.4, -0.2) is 107 Å². The van der Waals surface area contributed by atoms with Gasteiger partial charge in [-0.05, 0) is 56.5 Å². The summed E-state index contributed by atoms with van der Waals surface area (Å²) in [6.07, 6.45) is 0.704. The van der Waals surface area contributed by atoms with Crippen LogP contribution in [0.3, 0.4) is 0 Å². The van der Waals surface area contributed by atoms with Crippen LogP contribution in [0, 0.1) is 22.0 Å². The number of nitrogens with zero attached hydrogens (tertiary/aromatic N) is 3. The molecule has 0 fully saturated rings. The van der Waals surface area contributed by atoms with Gasteiger partial charge in [0.1, 0.15) is 35.0 Å². The van der Waals surface area contributed by atoms with Gasteiger partial charge in [-0.1, -0.05) is 46.2 Å². The van der Waals surface area contributed by atoms with Gasteiger partial charge in [0.05, 0.1) is 6.54 Å². The maximum Gasteiger partial charge on any atom is 0.326 e. The molecule has 18 heteroatoms. The van der Waals surface area contributed by atoms with E-state index in [-0.39, 0.29) is 38.1 Å². The highest BCUT2D eigenvalue weighted by atomic mass is 16.7. The number of aliphatic carboxylic acids is 1. The van der Waals surface area contributed by atoms with Gasteiger partial charge < -0.3 is 47.4 Å². The average Bonchev–Trinajstić information content (AvgIpc) is 2.98. The second-order valence-electron chi connectivity index (χ2n) is 12.0. The summed E-state index contributed by atoms with van der Waals surface area (Å²) in [6.45, 7) is 6.86. The Morgan fingerprint density at radius 2 is 1.52 bits per heavy atom. The molecule has 0 aliphatic carbocycles. The Hall–Kier alpha value is -5.00. The number of nitro groups is 1. The first-order chi connectivity index (χ1) is 22.4. The van der Waals surface area contributed by atoms with Crippen molar-refractivity contribution in [1.29, 1.82) is 0 Å². The zero-order valence-corrected chi connectivity index (χ0v) is 28.2. The Morgan fingerprint density at radius 1 is 0.938 bits per heavy atom. The van der Waals surface area contributed by atoms with Gasteiger partial charge in [-0.2, -0.15) is 0 Å². The van der Waals surface area contributed by atoms with Crippen molar-refractivity contribution in [2.24, 2.45) is 22.7 Å². The molecule has 5 atom stereocenters. The van der Waals surface area contributed by atoms with Crippen LogP contribution in [-0.2, 0) is 30.4 Å². The molecule has 18 nitrogen and oxygen atoms in total. The fourth-order valence-electron chi connectivity index (χ4n) is 4.51. The number of hydrogen-bond acceptors (Lipinski definition) is 9. The quantitative estimate of drug-likeness (QED) is 0.0274. The molecule has 0 saturated carbocycles. The van der Waals surface area contributed by atoms with Gasteiger partial charge in [0.2, 0.25) is 23.6 Å². The number of carboxylic acids is 1. The predicted octanol–water partition coefficient (Wildman–Crippen LogP) is -0.902. The third-order valence-electron chi connectivity index (χ3n) is 7.31. The normalized spacial score (nSPS) is 14.6. The minimum Gasteiger partial charge on any atom is -0.508 e. The lowest BCUT2D eigenvalue weighted by molar-refractivity contribution is -0.485. The van der Waals surface area contributed by atoms with Gasteiger partial charge in [0, 0.05) is 13.0 Å². The third-order valence-corrected chi connectivity index (χ3v) is 7.31. The molecule has 0 saturated heterocycles. The zero-order valence-electron chi connectivity index (χ0n) is 28.2. The van der Waals surface area contributed by atoms with Crippen LogP contribution >= 0.6 is 0 Å². The number of nitrogens with one attached hydrogen (secondary N) is 5. The SMILES string of the molecule is CCC(C)[C@H](NC(=O)[C@H](Cc1ccc(O)cc1)NC(=O)[C@@H](NC(=O)[C@H](CCCN/C(N)=N\[N+](=O)[O-])NC(=O)CN(C)C)C(C)C)C(=O)O. The van der Waals surface area contributed by atoms with E-state index in [4.69, 9.17) is 5.73 Å². The van der Waals surface area contributed by atoms with Crippen molar-refractivity contribution >= 4 is 35.6 Å². The fraction of sp³-hybridized carbons (Fsp3) is 0.600.